The molecule has 0 bridgehead atoms. The predicted molar refractivity (Wildman–Crippen MR) is 70.6 cm³/mol. The Hall–Kier alpha value is -0.910. The van der Waals surface area contributed by atoms with Gasteiger partial charge in [-0.1, -0.05) is 6.42 Å². The first-order chi connectivity index (χ1) is 8.70. The van der Waals surface area contributed by atoms with E-state index in [1.165, 1.54) is 0 Å². The van der Waals surface area contributed by atoms with E-state index in [1.807, 2.05) is 18.7 Å². The van der Waals surface area contributed by atoms with Crippen molar-refractivity contribution < 1.29 is 14.3 Å². The zero-order valence-corrected chi connectivity index (χ0v) is 11.4. The van der Waals surface area contributed by atoms with Gasteiger partial charge in [-0.05, 0) is 19.8 Å². The Morgan fingerprint density at radius 3 is 3.06 bits per heavy atom. The highest BCUT2D eigenvalue weighted by Gasteiger charge is 2.42. The maximum Gasteiger partial charge on any atom is 0.315 e. The molecule has 2 aliphatic heterocycles. The Balaban J connectivity index is 1.62. The minimum absolute atomic E-state index is 0.0400. The zero-order valence-electron chi connectivity index (χ0n) is 10.6. The fourth-order valence-electron chi connectivity index (χ4n) is 2.49. The highest BCUT2D eigenvalue weighted by Crippen LogP contribution is 2.33. The van der Waals surface area contributed by atoms with Gasteiger partial charge in [0.15, 0.2) is 0 Å². The van der Waals surface area contributed by atoms with Crippen LogP contribution in [0.2, 0.25) is 0 Å². The van der Waals surface area contributed by atoms with Gasteiger partial charge in [0.2, 0.25) is 0 Å². The fourth-order valence-corrected chi connectivity index (χ4v) is 4.03. The van der Waals surface area contributed by atoms with E-state index < -0.39 is 0 Å². The summed E-state index contributed by atoms with van der Waals surface area (Å²) in [5.74, 6) is 0.886. The van der Waals surface area contributed by atoms with Crippen molar-refractivity contribution in [3.8, 4) is 0 Å². The summed E-state index contributed by atoms with van der Waals surface area (Å²) in [6, 6.07) is 0.518. The van der Waals surface area contributed by atoms with Crippen molar-refractivity contribution in [1.82, 2.24) is 10.6 Å². The van der Waals surface area contributed by atoms with E-state index in [2.05, 4.69) is 10.6 Å². The van der Waals surface area contributed by atoms with Gasteiger partial charge >= 0.3 is 12.0 Å². The number of ether oxygens (including phenoxy) is 1. The number of unbranched alkanes of at least 4 members (excludes halogenated alkanes) is 1. The van der Waals surface area contributed by atoms with Gasteiger partial charge in [-0.15, -0.1) is 0 Å². The largest absolute Gasteiger partial charge is 0.466 e. The van der Waals surface area contributed by atoms with E-state index >= 15 is 0 Å². The topological polar surface area (TPSA) is 67.4 Å². The van der Waals surface area contributed by atoms with Gasteiger partial charge in [-0.25, -0.2) is 4.79 Å². The number of thioether (sulfide) groups is 1. The maximum absolute atomic E-state index is 11.2. The van der Waals surface area contributed by atoms with Crippen LogP contribution in [0.15, 0.2) is 0 Å². The van der Waals surface area contributed by atoms with E-state index in [4.69, 9.17) is 4.74 Å². The molecule has 2 fully saturated rings. The Bertz CT molecular complexity index is 324. The number of fused-ring (bicyclic) bond motifs is 1. The van der Waals surface area contributed by atoms with Crippen molar-refractivity contribution in [3.05, 3.63) is 0 Å². The second-order valence-electron chi connectivity index (χ2n) is 4.67. The average Bonchev–Trinajstić information content (AvgIpc) is 2.85. The number of nitrogens with one attached hydrogen (secondary N) is 2. The minimum atomic E-state index is -0.106. The molecule has 6 heteroatoms. The second kappa shape index (κ2) is 6.31. The maximum atomic E-state index is 11.2. The highest BCUT2D eigenvalue weighted by atomic mass is 32.2. The molecule has 0 radical (unpaired) electrons. The summed E-state index contributed by atoms with van der Waals surface area (Å²) in [6.07, 6.45) is 3.43. The predicted octanol–water partition coefficient (Wildman–Crippen LogP) is 1.28. The van der Waals surface area contributed by atoms with Crippen molar-refractivity contribution in [3.63, 3.8) is 0 Å². The normalized spacial score (nSPS) is 29.6. The molecule has 2 rings (SSSR count). The number of carbonyl (C=O) groups excluding carboxylic acids is 2. The Kier molecular flexibility index (Phi) is 4.74. The summed E-state index contributed by atoms with van der Waals surface area (Å²) in [7, 11) is 0. The van der Waals surface area contributed by atoms with Crippen LogP contribution < -0.4 is 10.6 Å². The summed E-state index contributed by atoms with van der Waals surface area (Å²) in [5.41, 5.74) is 0. The summed E-state index contributed by atoms with van der Waals surface area (Å²) in [4.78, 5) is 22.4. The van der Waals surface area contributed by atoms with Crippen molar-refractivity contribution in [2.45, 2.75) is 49.9 Å². The number of rotatable bonds is 6. The van der Waals surface area contributed by atoms with Gasteiger partial charge in [-0.2, -0.15) is 11.8 Å². The molecular formula is C12H20N2O3S. The lowest BCUT2D eigenvalue weighted by Gasteiger charge is -2.16. The first kappa shape index (κ1) is 13.5. The van der Waals surface area contributed by atoms with Gasteiger partial charge in [0.1, 0.15) is 0 Å². The van der Waals surface area contributed by atoms with Crippen LogP contribution in [0.4, 0.5) is 4.79 Å². The van der Waals surface area contributed by atoms with Crippen molar-refractivity contribution in [1.29, 1.82) is 0 Å². The van der Waals surface area contributed by atoms with Crippen LogP contribution in [0, 0.1) is 0 Å². The van der Waals surface area contributed by atoms with Crippen LogP contribution in [0.5, 0.6) is 0 Å². The van der Waals surface area contributed by atoms with Crippen LogP contribution in [0.25, 0.3) is 0 Å². The Morgan fingerprint density at radius 1 is 1.44 bits per heavy atom. The first-order valence-corrected chi connectivity index (χ1v) is 7.60. The third-order valence-electron chi connectivity index (χ3n) is 3.36. The second-order valence-corrected chi connectivity index (χ2v) is 5.94. The number of hydrogen-bond acceptors (Lipinski definition) is 4. The lowest BCUT2D eigenvalue weighted by Crippen LogP contribution is -2.36. The molecule has 0 aromatic heterocycles. The van der Waals surface area contributed by atoms with Crippen LogP contribution in [0.3, 0.4) is 0 Å². The monoisotopic (exact) mass is 272 g/mol. The molecule has 0 saturated carbocycles. The van der Waals surface area contributed by atoms with Gasteiger partial charge in [0, 0.05) is 17.4 Å². The molecule has 2 aliphatic rings. The molecule has 18 heavy (non-hydrogen) atoms. The molecule has 3 unspecified atom stereocenters. The third-order valence-corrected chi connectivity index (χ3v) is 4.87. The first-order valence-electron chi connectivity index (χ1n) is 6.55. The number of urea groups is 1. The number of carbonyl (C=O) groups is 2. The molecule has 102 valence electrons. The zero-order chi connectivity index (χ0) is 13.0. The molecule has 2 heterocycles. The van der Waals surface area contributed by atoms with Crippen molar-refractivity contribution >= 4 is 23.8 Å². The molecule has 2 amide bonds. The molecule has 2 N–H and O–H groups in total. The Morgan fingerprint density at radius 2 is 2.28 bits per heavy atom. The summed E-state index contributed by atoms with van der Waals surface area (Å²) >= 11 is 1.91. The molecular weight excluding hydrogens is 252 g/mol. The minimum Gasteiger partial charge on any atom is -0.466 e. The van der Waals surface area contributed by atoms with Crippen LogP contribution in [0.1, 0.15) is 32.6 Å². The van der Waals surface area contributed by atoms with Crippen LogP contribution >= 0.6 is 11.8 Å². The Labute approximate surface area is 111 Å². The summed E-state index contributed by atoms with van der Waals surface area (Å²) in [6.45, 7) is 2.28. The van der Waals surface area contributed by atoms with E-state index in [-0.39, 0.29) is 24.1 Å². The highest BCUT2D eigenvalue weighted by molar-refractivity contribution is 8.00. The van der Waals surface area contributed by atoms with Gasteiger partial charge in [0.25, 0.3) is 0 Å². The van der Waals surface area contributed by atoms with E-state index in [9.17, 15) is 9.59 Å². The lowest BCUT2D eigenvalue weighted by atomic mass is 10.0. The van der Waals surface area contributed by atoms with Gasteiger partial charge in [-0.3, -0.25) is 4.79 Å². The van der Waals surface area contributed by atoms with Crippen molar-refractivity contribution in [2.75, 3.05) is 12.4 Å². The molecule has 5 nitrogen and oxygen atoms in total. The smallest absolute Gasteiger partial charge is 0.315 e. The fraction of sp³-hybridized carbons (Fsp3) is 0.833. The average molecular weight is 272 g/mol. The molecule has 0 aromatic carbocycles. The molecule has 0 aromatic rings. The van der Waals surface area contributed by atoms with Crippen LogP contribution in [-0.4, -0.2) is 41.7 Å². The summed E-state index contributed by atoms with van der Waals surface area (Å²) in [5, 5.41) is 6.38. The molecule has 2 saturated heterocycles. The number of hydrogen-bond donors (Lipinski definition) is 2. The van der Waals surface area contributed by atoms with E-state index in [1.54, 1.807) is 0 Å². The van der Waals surface area contributed by atoms with E-state index in [0.717, 1.165) is 25.0 Å². The summed E-state index contributed by atoms with van der Waals surface area (Å²) < 4.78 is 4.89. The molecule has 0 aliphatic carbocycles. The van der Waals surface area contributed by atoms with Gasteiger partial charge < -0.3 is 15.4 Å². The van der Waals surface area contributed by atoms with Gasteiger partial charge in [0.05, 0.1) is 18.7 Å². The van der Waals surface area contributed by atoms with Crippen LogP contribution in [-0.2, 0) is 9.53 Å². The number of amides is 2. The molecule has 0 spiro atoms. The standard InChI is InChI=1S/C12H20N2O3S/c1-2-17-10(15)6-4-3-5-9-11-8(7-18-9)13-12(16)14-11/h8-9,11H,2-7H2,1H3,(H2,13,14,16). The van der Waals surface area contributed by atoms with E-state index in [0.29, 0.717) is 18.3 Å². The van der Waals surface area contributed by atoms with Crippen molar-refractivity contribution in [2.24, 2.45) is 0 Å². The number of esters is 1. The third kappa shape index (κ3) is 3.31. The lowest BCUT2D eigenvalue weighted by molar-refractivity contribution is -0.143. The SMILES string of the molecule is CCOC(=O)CCCCC1SCC2NC(=O)NC21. The molecule has 3 atom stereocenters. The quantitative estimate of drug-likeness (QED) is 0.434.